The zero-order valence-electron chi connectivity index (χ0n) is 8.43. The Hall–Kier alpha value is -1.71. The molecule has 0 atom stereocenters. The molecule has 1 aromatic carbocycles. The second-order valence-electron chi connectivity index (χ2n) is 3.08. The van der Waals surface area contributed by atoms with E-state index in [9.17, 15) is 13.6 Å². The first-order chi connectivity index (χ1) is 6.97. The maximum Gasteiger partial charge on any atom is 0.191 e. The van der Waals surface area contributed by atoms with Gasteiger partial charge in [0.15, 0.2) is 17.4 Å². The summed E-state index contributed by atoms with van der Waals surface area (Å²) in [4.78, 5) is 11.5. The number of benzene rings is 1. The van der Waals surface area contributed by atoms with Crippen molar-refractivity contribution in [2.45, 2.75) is 6.92 Å². The third kappa shape index (κ3) is 2.21. The number of rotatable bonds is 3. The molecule has 1 aromatic rings. The number of methoxy groups -OCH3 is 1. The molecule has 4 heteroatoms. The van der Waals surface area contributed by atoms with E-state index >= 15 is 0 Å². The number of carbonyl (C=O) groups excluding carboxylic acids is 1. The van der Waals surface area contributed by atoms with Crippen LogP contribution in [0.4, 0.5) is 8.78 Å². The van der Waals surface area contributed by atoms with E-state index in [2.05, 4.69) is 6.58 Å². The summed E-state index contributed by atoms with van der Waals surface area (Å²) < 4.78 is 30.5. The van der Waals surface area contributed by atoms with Crippen LogP contribution in [0.5, 0.6) is 5.75 Å². The van der Waals surface area contributed by atoms with E-state index in [1.807, 2.05) is 0 Å². The maximum absolute atomic E-state index is 12.9. The van der Waals surface area contributed by atoms with Crippen molar-refractivity contribution in [1.29, 1.82) is 0 Å². The molecule has 80 valence electrons. The highest BCUT2D eigenvalue weighted by Crippen LogP contribution is 2.24. The molecule has 0 saturated heterocycles. The standard InChI is InChI=1S/C11H10F2O2/c1-6(2)11(14)7-4-8(12)9(13)5-10(7)15-3/h4-5H,1H2,2-3H3. The van der Waals surface area contributed by atoms with Crippen LogP contribution in [-0.2, 0) is 0 Å². The Bertz CT molecular complexity index is 425. The minimum atomic E-state index is -1.08. The molecule has 0 bridgehead atoms. The maximum atomic E-state index is 12.9. The molecule has 0 aliphatic heterocycles. The SMILES string of the molecule is C=C(C)C(=O)c1cc(F)c(F)cc1OC. The molecule has 0 radical (unpaired) electrons. The van der Waals surface area contributed by atoms with Gasteiger partial charge in [0.2, 0.25) is 0 Å². The lowest BCUT2D eigenvalue weighted by Crippen LogP contribution is -2.04. The molecule has 0 aliphatic carbocycles. The number of carbonyl (C=O) groups is 1. The van der Waals surface area contributed by atoms with Crippen molar-refractivity contribution in [3.63, 3.8) is 0 Å². The van der Waals surface area contributed by atoms with Gasteiger partial charge in [-0.2, -0.15) is 0 Å². The van der Waals surface area contributed by atoms with E-state index < -0.39 is 17.4 Å². The topological polar surface area (TPSA) is 26.3 Å². The van der Waals surface area contributed by atoms with Crippen LogP contribution < -0.4 is 4.74 Å². The first kappa shape index (κ1) is 11.4. The lowest BCUT2D eigenvalue weighted by Gasteiger charge is -2.07. The highest BCUT2D eigenvalue weighted by atomic mass is 19.2. The summed E-state index contributed by atoms with van der Waals surface area (Å²) in [5, 5.41) is 0. The summed E-state index contributed by atoms with van der Waals surface area (Å²) in [6.07, 6.45) is 0. The average Bonchev–Trinajstić information content (AvgIpc) is 2.20. The minimum Gasteiger partial charge on any atom is -0.496 e. The summed E-state index contributed by atoms with van der Waals surface area (Å²) >= 11 is 0. The summed E-state index contributed by atoms with van der Waals surface area (Å²) in [6.45, 7) is 4.93. The Morgan fingerprint density at radius 3 is 2.33 bits per heavy atom. The van der Waals surface area contributed by atoms with E-state index in [1.54, 1.807) is 0 Å². The number of allylic oxidation sites excluding steroid dienone is 1. The molecule has 0 spiro atoms. The third-order valence-corrected chi connectivity index (χ3v) is 1.87. The van der Waals surface area contributed by atoms with E-state index in [4.69, 9.17) is 4.74 Å². The van der Waals surface area contributed by atoms with Gasteiger partial charge < -0.3 is 4.74 Å². The normalized spacial score (nSPS) is 9.87. The van der Waals surface area contributed by atoms with Crippen molar-refractivity contribution in [2.24, 2.45) is 0 Å². The molecule has 1 rings (SSSR count). The Morgan fingerprint density at radius 1 is 1.33 bits per heavy atom. The third-order valence-electron chi connectivity index (χ3n) is 1.87. The van der Waals surface area contributed by atoms with Crippen molar-refractivity contribution in [2.75, 3.05) is 7.11 Å². The molecule has 15 heavy (non-hydrogen) atoms. The van der Waals surface area contributed by atoms with Gasteiger partial charge in [0.25, 0.3) is 0 Å². The van der Waals surface area contributed by atoms with Gasteiger partial charge in [-0.25, -0.2) is 8.78 Å². The van der Waals surface area contributed by atoms with Crippen molar-refractivity contribution >= 4 is 5.78 Å². The fourth-order valence-corrected chi connectivity index (χ4v) is 1.10. The van der Waals surface area contributed by atoms with Crippen LogP contribution in [0.2, 0.25) is 0 Å². The minimum absolute atomic E-state index is 0.00176. The second-order valence-corrected chi connectivity index (χ2v) is 3.08. The van der Waals surface area contributed by atoms with E-state index in [0.29, 0.717) is 0 Å². The Morgan fingerprint density at radius 2 is 1.87 bits per heavy atom. The number of halogens is 2. The molecular formula is C11H10F2O2. The van der Waals surface area contributed by atoms with Gasteiger partial charge in [0.05, 0.1) is 12.7 Å². The van der Waals surface area contributed by atoms with Crippen molar-refractivity contribution < 1.29 is 18.3 Å². The van der Waals surface area contributed by atoms with Gasteiger partial charge >= 0.3 is 0 Å². The van der Waals surface area contributed by atoms with Gasteiger partial charge in [-0.1, -0.05) is 6.58 Å². The molecule has 0 N–H and O–H groups in total. The largest absolute Gasteiger partial charge is 0.496 e. The molecule has 0 unspecified atom stereocenters. The summed E-state index contributed by atoms with van der Waals surface area (Å²) in [5.74, 6) is -2.60. The number of hydrogen-bond donors (Lipinski definition) is 0. The van der Waals surface area contributed by atoms with Crippen LogP contribution >= 0.6 is 0 Å². The predicted molar refractivity (Wildman–Crippen MR) is 52.1 cm³/mol. The Labute approximate surface area is 86.2 Å². The monoisotopic (exact) mass is 212 g/mol. The highest BCUT2D eigenvalue weighted by molar-refractivity contribution is 6.09. The molecule has 2 nitrogen and oxygen atoms in total. The fourth-order valence-electron chi connectivity index (χ4n) is 1.10. The van der Waals surface area contributed by atoms with Crippen LogP contribution in [0.1, 0.15) is 17.3 Å². The Kier molecular flexibility index (Phi) is 3.19. The second kappa shape index (κ2) is 4.21. The van der Waals surface area contributed by atoms with Crippen LogP contribution in [0, 0.1) is 11.6 Å². The van der Waals surface area contributed by atoms with E-state index in [0.717, 1.165) is 12.1 Å². The number of Topliss-reactive ketones (excluding diaryl/α,β-unsaturated/α-hetero) is 1. The number of ketones is 1. The zero-order valence-corrected chi connectivity index (χ0v) is 8.43. The molecule has 0 aromatic heterocycles. The van der Waals surface area contributed by atoms with Crippen molar-refractivity contribution in [1.82, 2.24) is 0 Å². The van der Waals surface area contributed by atoms with Crippen LogP contribution in [0.3, 0.4) is 0 Å². The van der Waals surface area contributed by atoms with Gasteiger partial charge in [-0.05, 0) is 18.6 Å². The summed E-state index contributed by atoms with van der Waals surface area (Å²) in [6, 6.07) is 1.65. The average molecular weight is 212 g/mol. The molecule has 0 heterocycles. The number of ether oxygens (including phenoxy) is 1. The van der Waals surface area contributed by atoms with E-state index in [1.165, 1.54) is 14.0 Å². The quantitative estimate of drug-likeness (QED) is 0.568. The smallest absolute Gasteiger partial charge is 0.191 e. The van der Waals surface area contributed by atoms with Gasteiger partial charge in [-0.3, -0.25) is 4.79 Å². The number of hydrogen-bond acceptors (Lipinski definition) is 2. The Balaban J connectivity index is 3.34. The predicted octanol–water partition coefficient (Wildman–Crippen LogP) is 2.73. The van der Waals surface area contributed by atoms with Crippen molar-refractivity contribution in [3.05, 3.63) is 41.5 Å². The molecule has 0 fully saturated rings. The first-order valence-electron chi connectivity index (χ1n) is 4.20. The lowest BCUT2D eigenvalue weighted by atomic mass is 10.0. The zero-order chi connectivity index (χ0) is 11.6. The molecule has 0 aliphatic rings. The summed E-state index contributed by atoms with van der Waals surface area (Å²) in [7, 11) is 1.28. The van der Waals surface area contributed by atoms with E-state index in [-0.39, 0.29) is 16.9 Å². The van der Waals surface area contributed by atoms with Gasteiger partial charge in [-0.15, -0.1) is 0 Å². The highest BCUT2D eigenvalue weighted by Gasteiger charge is 2.16. The van der Waals surface area contributed by atoms with Crippen LogP contribution in [0.25, 0.3) is 0 Å². The molecule has 0 amide bonds. The lowest BCUT2D eigenvalue weighted by molar-refractivity contribution is 0.103. The molecular weight excluding hydrogens is 202 g/mol. The van der Waals surface area contributed by atoms with Gasteiger partial charge in [0, 0.05) is 6.07 Å². The summed E-state index contributed by atoms with van der Waals surface area (Å²) in [5.41, 5.74) is 0.211. The van der Waals surface area contributed by atoms with Gasteiger partial charge in [0.1, 0.15) is 5.75 Å². The first-order valence-corrected chi connectivity index (χ1v) is 4.20. The van der Waals surface area contributed by atoms with Crippen molar-refractivity contribution in [3.8, 4) is 5.75 Å². The fraction of sp³-hybridized carbons (Fsp3) is 0.182. The molecule has 0 saturated carbocycles. The van der Waals surface area contributed by atoms with Crippen LogP contribution in [-0.4, -0.2) is 12.9 Å². The van der Waals surface area contributed by atoms with Crippen LogP contribution in [0.15, 0.2) is 24.3 Å².